The SMILES string of the molecule is c1ccc(-c2nc(-c3cccc4ccccc34)nc(-n3c4cc5ccccc5cc4c4c5ccc6ccccc6c5ccc43)n2)cc1. The molecule has 10 aromatic rings. The van der Waals surface area contributed by atoms with E-state index in [0.29, 0.717) is 17.6 Å². The predicted molar refractivity (Wildman–Crippen MR) is 195 cm³/mol. The van der Waals surface area contributed by atoms with Gasteiger partial charge in [-0.3, -0.25) is 4.57 Å². The minimum absolute atomic E-state index is 0.595. The van der Waals surface area contributed by atoms with Gasteiger partial charge in [-0.05, 0) is 61.3 Å². The van der Waals surface area contributed by atoms with Crippen LogP contribution in [0, 0.1) is 0 Å². The Balaban J connectivity index is 1.36. The van der Waals surface area contributed by atoms with Crippen LogP contribution >= 0.6 is 0 Å². The summed E-state index contributed by atoms with van der Waals surface area (Å²) in [6.07, 6.45) is 0. The fourth-order valence-electron chi connectivity index (χ4n) is 7.23. The molecule has 0 fully saturated rings. The van der Waals surface area contributed by atoms with Crippen molar-refractivity contribution in [2.24, 2.45) is 0 Å². The van der Waals surface area contributed by atoms with E-state index in [2.05, 4.69) is 144 Å². The van der Waals surface area contributed by atoms with Crippen LogP contribution in [0.3, 0.4) is 0 Å². The average molecular weight is 599 g/mol. The smallest absolute Gasteiger partial charge is 0.238 e. The summed E-state index contributed by atoms with van der Waals surface area (Å²) in [7, 11) is 0. The lowest BCUT2D eigenvalue weighted by molar-refractivity contribution is 0.955. The lowest BCUT2D eigenvalue weighted by Crippen LogP contribution is -2.06. The van der Waals surface area contributed by atoms with Crippen LogP contribution in [0.4, 0.5) is 0 Å². The third-order valence-electron chi connectivity index (χ3n) is 9.41. The van der Waals surface area contributed by atoms with Crippen LogP contribution in [-0.2, 0) is 0 Å². The van der Waals surface area contributed by atoms with Crippen molar-refractivity contribution in [1.29, 1.82) is 0 Å². The summed E-state index contributed by atoms with van der Waals surface area (Å²) in [5.74, 6) is 1.88. The van der Waals surface area contributed by atoms with Gasteiger partial charge in [-0.25, -0.2) is 4.98 Å². The standard InChI is InChI=1S/C43H26N4/c1-2-13-29(14-3-1)41-44-42(36-20-10-17-27-11-6-9-19-33(27)36)46-43(45-41)47-38-24-23-34-32-18-8-7-12-28(32)21-22-35(34)40(38)37-25-30-15-4-5-16-31(30)26-39(37)47/h1-26H. The second-order valence-corrected chi connectivity index (χ2v) is 12.1. The molecule has 0 bridgehead atoms. The molecule has 218 valence electrons. The molecule has 0 atom stereocenters. The van der Waals surface area contributed by atoms with Gasteiger partial charge in [-0.1, -0.05) is 140 Å². The summed E-state index contributed by atoms with van der Waals surface area (Å²) in [5.41, 5.74) is 4.05. The Morgan fingerprint density at radius 3 is 1.83 bits per heavy atom. The van der Waals surface area contributed by atoms with Crippen molar-refractivity contribution >= 4 is 64.9 Å². The summed E-state index contributed by atoms with van der Waals surface area (Å²) in [6, 6.07) is 55.7. The van der Waals surface area contributed by atoms with Crippen molar-refractivity contribution in [3.63, 3.8) is 0 Å². The lowest BCUT2D eigenvalue weighted by atomic mass is 9.97. The number of aromatic nitrogens is 4. The predicted octanol–water partition coefficient (Wildman–Crippen LogP) is 10.9. The van der Waals surface area contributed by atoms with Crippen LogP contribution in [0.1, 0.15) is 0 Å². The molecule has 0 spiro atoms. The Kier molecular flexibility index (Phi) is 5.54. The molecule has 0 aliphatic carbocycles. The van der Waals surface area contributed by atoms with Gasteiger partial charge in [-0.2, -0.15) is 9.97 Å². The molecular formula is C43H26N4. The van der Waals surface area contributed by atoms with Crippen LogP contribution in [0.2, 0.25) is 0 Å². The molecule has 2 heterocycles. The minimum Gasteiger partial charge on any atom is -0.278 e. The number of hydrogen-bond acceptors (Lipinski definition) is 3. The molecule has 10 rings (SSSR count). The highest BCUT2D eigenvalue weighted by Gasteiger charge is 2.21. The zero-order valence-corrected chi connectivity index (χ0v) is 25.3. The number of rotatable bonds is 3. The number of benzene rings is 8. The molecule has 0 radical (unpaired) electrons. The van der Waals surface area contributed by atoms with Crippen molar-refractivity contribution < 1.29 is 0 Å². The molecule has 0 amide bonds. The van der Waals surface area contributed by atoms with Crippen molar-refractivity contribution in [3.8, 4) is 28.7 Å². The fourth-order valence-corrected chi connectivity index (χ4v) is 7.23. The average Bonchev–Trinajstić information content (AvgIpc) is 3.47. The quantitative estimate of drug-likeness (QED) is 0.190. The maximum atomic E-state index is 5.27. The first-order valence-electron chi connectivity index (χ1n) is 15.9. The van der Waals surface area contributed by atoms with Gasteiger partial charge in [0.05, 0.1) is 11.0 Å². The van der Waals surface area contributed by atoms with E-state index in [1.807, 2.05) is 18.2 Å². The minimum atomic E-state index is 0.595. The Bertz CT molecular complexity index is 2850. The Morgan fingerprint density at radius 1 is 0.362 bits per heavy atom. The molecule has 0 saturated carbocycles. The van der Waals surface area contributed by atoms with Crippen LogP contribution in [0.5, 0.6) is 0 Å². The first kappa shape index (κ1) is 25.9. The topological polar surface area (TPSA) is 43.6 Å². The lowest BCUT2D eigenvalue weighted by Gasteiger charge is -2.12. The maximum Gasteiger partial charge on any atom is 0.238 e. The molecule has 0 aliphatic rings. The normalized spacial score (nSPS) is 11.8. The second-order valence-electron chi connectivity index (χ2n) is 12.1. The Labute approximate surface area is 270 Å². The largest absolute Gasteiger partial charge is 0.278 e. The summed E-state index contributed by atoms with van der Waals surface area (Å²) in [4.78, 5) is 15.6. The monoisotopic (exact) mass is 598 g/mol. The first-order chi connectivity index (χ1) is 23.3. The van der Waals surface area contributed by atoms with Crippen molar-refractivity contribution in [2.75, 3.05) is 0 Å². The van der Waals surface area contributed by atoms with Gasteiger partial charge >= 0.3 is 0 Å². The van der Waals surface area contributed by atoms with E-state index in [1.54, 1.807) is 0 Å². The Hall–Kier alpha value is -6.39. The van der Waals surface area contributed by atoms with E-state index in [-0.39, 0.29) is 0 Å². The highest BCUT2D eigenvalue weighted by atomic mass is 15.2. The van der Waals surface area contributed by atoms with Gasteiger partial charge < -0.3 is 0 Å². The Morgan fingerprint density at radius 2 is 1.00 bits per heavy atom. The fraction of sp³-hybridized carbons (Fsp3) is 0. The summed E-state index contributed by atoms with van der Waals surface area (Å²) in [6.45, 7) is 0. The summed E-state index contributed by atoms with van der Waals surface area (Å²) < 4.78 is 2.23. The van der Waals surface area contributed by atoms with Crippen LogP contribution in [-0.4, -0.2) is 19.5 Å². The van der Waals surface area contributed by atoms with Crippen molar-refractivity contribution in [3.05, 3.63) is 158 Å². The van der Waals surface area contributed by atoms with E-state index >= 15 is 0 Å². The van der Waals surface area contributed by atoms with Gasteiger partial charge in [0, 0.05) is 21.9 Å². The molecule has 0 aliphatic heterocycles. The molecule has 4 nitrogen and oxygen atoms in total. The molecule has 4 heteroatoms. The summed E-state index contributed by atoms with van der Waals surface area (Å²) in [5, 5.41) is 11.9. The zero-order valence-electron chi connectivity index (χ0n) is 25.3. The summed E-state index contributed by atoms with van der Waals surface area (Å²) >= 11 is 0. The number of fused-ring (bicyclic) bond motifs is 9. The molecule has 0 unspecified atom stereocenters. The highest BCUT2D eigenvalue weighted by Crippen LogP contribution is 2.40. The second kappa shape index (κ2) is 10.1. The maximum absolute atomic E-state index is 5.27. The molecule has 0 saturated heterocycles. The van der Waals surface area contributed by atoms with Gasteiger partial charge in [0.15, 0.2) is 11.6 Å². The molecule has 8 aromatic carbocycles. The third-order valence-corrected chi connectivity index (χ3v) is 9.41. The third kappa shape index (κ3) is 3.98. The highest BCUT2D eigenvalue weighted by molar-refractivity contribution is 6.26. The van der Waals surface area contributed by atoms with E-state index in [1.165, 1.54) is 43.1 Å². The van der Waals surface area contributed by atoms with Gasteiger partial charge in [0.1, 0.15) is 0 Å². The van der Waals surface area contributed by atoms with Gasteiger partial charge in [0.2, 0.25) is 5.95 Å². The molecule has 47 heavy (non-hydrogen) atoms. The molecule has 2 aromatic heterocycles. The van der Waals surface area contributed by atoms with E-state index < -0.39 is 0 Å². The van der Waals surface area contributed by atoms with Crippen LogP contribution in [0.25, 0.3) is 93.6 Å². The molecular weight excluding hydrogens is 573 g/mol. The number of nitrogens with zero attached hydrogens (tertiary/aromatic N) is 4. The van der Waals surface area contributed by atoms with Crippen molar-refractivity contribution in [2.45, 2.75) is 0 Å². The first-order valence-corrected chi connectivity index (χ1v) is 15.9. The van der Waals surface area contributed by atoms with E-state index in [0.717, 1.165) is 32.9 Å². The van der Waals surface area contributed by atoms with E-state index in [9.17, 15) is 0 Å². The number of hydrogen-bond donors (Lipinski definition) is 0. The van der Waals surface area contributed by atoms with Gasteiger partial charge in [-0.15, -0.1) is 0 Å². The van der Waals surface area contributed by atoms with Gasteiger partial charge in [0.25, 0.3) is 0 Å². The zero-order chi connectivity index (χ0) is 30.9. The van der Waals surface area contributed by atoms with E-state index in [4.69, 9.17) is 15.0 Å². The van der Waals surface area contributed by atoms with Crippen molar-refractivity contribution in [1.82, 2.24) is 19.5 Å². The van der Waals surface area contributed by atoms with Crippen LogP contribution < -0.4 is 0 Å². The van der Waals surface area contributed by atoms with Crippen LogP contribution in [0.15, 0.2) is 158 Å². The molecule has 0 N–H and O–H groups in total.